The molecule has 0 aliphatic heterocycles. The summed E-state index contributed by atoms with van der Waals surface area (Å²) in [6.45, 7) is 5.25. The van der Waals surface area contributed by atoms with E-state index in [2.05, 4.69) is 10.6 Å². The summed E-state index contributed by atoms with van der Waals surface area (Å²) >= 11 is 0. The third kappa shape index (κ3) is 7.40. The van der Waals surface area contributed by atoms with Crippen molar-refractivity contribution in [2.24, 2.45) is 5.14 Å². The zero-order valence-corrected chi connectivity index (χ0v) is 15.4. The standard InChI is InChI=1S/C15H23N3O6S/c1-15(2,3)24-14(20)17-8-7-13(19)18-10-5-6-11(23-4)12(9-10)25(16,21)22/h5-6,9H,7-8H2,1-4H3,(H,17,20)(H,18,19)(H2,16,21,22). The third-order valence-corrected chi connectivity index (χ3v) is 3.71. The Balaban J connectivity index is 2.62. The number of benzene rings is 1. The van der Waals surface area contributed by atoms with Crippen molar-refractivity contribution in [2.45, 2.75) is 37.7 Å². The molecule has 0 spiro atoms. The zero-order chi connectivity index (χ0) is 19.3. The number of amides is 2. The number of nitrogens with two attached hydrogens (primary N) is 1. The van der Waals surface area contributed by atoms with Crippen LogP contribution in [0.3, 0.4) is 0 Å². The van der Waals surface area contributed by atoms with Gasteiger partial charge in [-0.15, -0.1) is 0 Å². The lowest BCUT2D eigenvalue weighted by Crippen LogP contribution is -2.34. The average molecular weight is 373 g/mol. The fraction of sp³-hybridized carbons (Fsp3) is 0.467. The largest absolute Gasteiger partial charge is 0.495 e. The van der Waals surface area contributed by atoms with E-state index >= 15 is 0 Å². The number of nitrogens with one attached hydrogen (secondary N) is 2. The Morgan fingerprint density at radius 2 is 1.88 bits per heavy atom. The Hall–Kier alpha value is -2.33. The van der Waals surface area contributed by atoms with E-state index in [1.807, 2.05) is 0 Å². The predicted molar refractivity (Wildman–Crippen MR) is 91.9 cm³/mol. The minimum Gasteiger partial charge on any atom is -0.495 e. The molecule has 140 valence electrons. The van der Waals surface area contributed by atoms with Crippen LogP contribution in [0.4, 0.5) is 10.5 Å². The van der Waals surface area contributed by atoms with Gasteiger partial charge in [0.25, 0.3) is 0 Å². The molecule has 25 heavy (non-hydrogen) atoms. The molecule has 4 N–H and O–H groups in total. The number of anilines is 1. The molecular weight excluding hydrogens is 350 g/mol. The molecule has 0 saturated heterocycles. The summed E-state index contributed by atoms with van der Waals surface area (Å²) in [5, 5.41) is 10.1. The van der Waals surface area contributed by atoms with Crippen molar-refractivity contribution in [3.63, 3.8) is 0 Å². The molecule has 0 aliphatic carbocycles. The van der Waals surface area contributed by atoms with Crippen molar-refractivity contribution in [2.75, 3.05) is 19.0 Å². The average Bonchev–Trinajstić information content (AvgIpc) is 2.44. The topological polar surface area (TPSA) is 137 Å². The Morgan fingerprint density at radius 3 is 2.40 bits per heavy atom. The van der Waals surface area contributed by atoms with Crippen LogP contribution in [0.15, 0.2) is 23.1 Å². The van der Waals surface area contributed by atoms with Gasteiger partial charge in [0.1, 0.15) is 16.2 Å². The van der Waals surface area contributed by atoms with Crippen molar-refractivity contribution in [1.29, 1.82) is 0 Å². The molecule has 0 bridgehead atoms. The molecule has 1 rings (SSSR count). The fourth-order valence-electron chi connectivity index (χ4n) is 1.79. The number of alkyl carbamates (subject to hydrolysis) is 1. The monoisotopic (exact) mass is 373 g/mol. The molecular formula is C15H23N3O6S. The van der Waals surface area contributed by atoms with Crippen LogP contribution < -0.4 is 20.5 Å². The maximum absolute atomic E-state index is 11.9. The first-order chi connectivity index (χ1) is 11.4. The van der Waals surface area contributed by atoms with Gasteiger partial charge in [0.15, 0.2) is 0 Å². The van der Waals surface area contributed by atoms with Crippen molar-refractivity contribution < 1.29 is 27.5 Å². The lowest BCUT2D eigenvalue weighted by Gasteiger charge is -2.19. The highest BCUT2D eigenvalue weighted by atomic mass is 32.2. The number of ether oxygens (including phenoxy) is 2. The van der Waals surface area contributed by atoms with Crippen LogP contribution in [-0.4, -0.2) is 39.7 Å². The molecule has 0 atom stereocenters. The second kappa shape index (κ2) is 8.17. The molecule has 0 heterocycles. The van der Waals surface area contributed by atoms with Crippen LogP contribution in [0.5, 0.6) is 5.75 Å². The minimum atomic E-state index is -4.00. The summed E-state index contributed by atoms with van der Waals surface area (Å²) < 4.78 is 33.0. The summed E-state index contributed by atoms with van der Waals surface area (Å²) in [4.78, 5) is 23.1. The van der Waals surface area contributed by atoms with E-state index in [-0.39, 0.29) is 29.3 Å². The Morgan fingerprint density at radius 1 is 1.24 bits per heavy atom. The van der Waals surface area contributed by atoms with Crippen molar-refractivity contribution in [3.05, 3.63) is 18.2 Å². The summed E-state index contributed by atoms with van der Waals surface area (Å²) in [6, 6.07) is 4.06. The van der Waals surface area contributed by atoms with Crippen molar-refractivity contribution in [3.8, 4) is 5.75 Å². The Bertz CT molecular complexity index is 740. The molecule has 0 fully saturated rings. The smallest absolute Gasteiger partial charge is 0.407 e. The number of hydrogen-bond acceptors (Lipinski definition) is 6. The first kappa shape index (κ1) is 20.7. The van der Waals surface area contributed by atoms with Gasteiger partial charge in [0.05, 0.1) is 7.11 Å². The van der Waals surface area contributed by atoms with Crippen LogP contribution in [0.2, 0.25) is 0 Å². The van der Waals surface area contributed by atoms with E-state index in [1.54, 1.807) is 20.8 Å². The van der Waals surface area contributed by atoms with Crippen molar-refractivity contribution in [1.82, 2.24) is 5.32 Å². The highest BCUT2D eigenvalue weighted by Crippen LogP contribution is 2.26. The Kier molecular flexibility index (Phi) is 6.77. The minimum absolute atomic E-state index is 0.0179. The van der Waals surface area contributed by atoms with E-state index in [1.165, 1.54) is 25.3 Å². The predicted octanol–water partition coefficient (Wildman–Crippen LogP) is 1.20. The highest BCUT2D eigenvalue weighted by Gasteiger charge is 2.17. The third-order valence-electron chi connectivity index (χ3n) is 2.77. The number of hydrogen-bond donors (Lipinski definition) is 3. The number of primary sulfonamides is 1. The maximum atomic E-state index is 11.9. The van der Waals surface area contributed by atoms with Gasteiger partial charge in [0.2, 0.25) is 15.9 Å². The Labute approximate surface area is 146 Å². The summed E-state index contributed by atoms with van der Waals surface area (Å²) in [5.41, 5.74) is -0.383. The molecule has 1 aromatic rings. The number of sulfonamides is 1. The molecule has 0 radical (unpaired) electrons. The number of rotatable bonds is 6. The van der Waals surface area contributed by atoms with Gasteiger partial charge in [-0.2, -0.15) is 0 Å². The van der Waals surface area contributed by atoms with Gasteiger partial charge >= 0.3 is 6.09 Å². The second-order valence-corrected chi connectivity index (χ2v) is 7.67. The zero-order valence-electron chi connectivity index (χ0n) is 14.6. The number of carbonyl (C=O) groups is 2. The van der Waals surface area contributed by atoms with Gasteiger partial charge in [-0.25, -0.2) is 18.4 Å². The van der Waals surface area contributed by atoms with E-state index in [0.717, 1.165) is 0 Å². The van der Waals surface area contributed by atoms with Crippen LogP contribution in [0, 0.1) is 0 Å². The van der Waals surface area contributed by atoms with E-state index in [4.69, 9.17) is 14.6 Å². The maximum Gasteiger partial charge on any atom is 0.407 e. The van der Waals surface area contributed by atoms with Crippen molar-refractivity contribution >= 4 is 27.7 Å². The lowest BCUT2D eigenvalue weighted by molar-refractivity contribution is -0.116. The number of carbonyl (C=O) groups excluding carboxylic acids is 2. The molecule has 0 aromatic heterocycles. The SMILES string of the molecule is COc1ccc(NC(=O)CCNC(=O)OC(C)(C)C)cc1S(N)(=O)=O. The van der Waals surface area contributed by atoms with Gasteiger partial charge in [-0.05, 0) is 39.0 Å². The lowest BCUT2D eigenvalue weighted by atomic mass is 10.2. The van der Waals surface area contributed by atoms with Gasteiger partial charge < -0.3 is 20.1 Å². The molecule has 0 unspecified atom stereocenters. The van der Waals surface area contributed by atoms with E-state index in [0.29, 0.717) is 0 Å². The highest BCUT2D eigenvalue weighted by molar-refractivity contribution is 7.89. The fourth-order valence-corrected chi connectivity index (χ4v) is 2.52. The van der Waals surface area contributed by atoms with Crippen LogP contribution in [0.25, 0.3) is 0 Å². The summed E-state index contributed by atoms with van der Waals surface area (Å²) in [5.74, 6) is -0.339. The molecule has 9 nitrogen and oxygen atoms in total. The van der Waals surface area contributed by atoms with Crippen LogP contribution in [0.1, 0.15) is 27.2 Å². The second-order valence-electron chi connectivity index (χ2n) is 6.14. The van der Waals surface area contributed by atoms with Crippen LogP contribution in [-0.2, 0) is 19.6 Å². The molecule has 2 amide bonds. The normalized spacial score (nSPS) is 11.6. The van der Waals surface area contributed by atoms with Gasteiger partial charge in [-0.1, -0.05) is 0 Å². The molecule has 0 aliphatic rings. The van der Waals surface area contributed by atoms with Gasteiger partial charge in [-0.3, -0.25) is 4.79 Å². The first-order valence-corrected chi connectivity index (χ1v) is 8.94. The van der Waals surface area contributed by atoms with Crippen LogP contribution >= 0.6 is 0 Å². The van der Waals surface area contributed by atoms with E-state index < -0.39 is 27.6 Å². The van der Waals surface area contributed by atoms with E-state index in [9.17, 15) is 18.0 Å². The molecule has 1 aromatic carbocycles. The first-order valence-electron chi connectivity index (χ1n) is 7.40. The summed E-state index contributed by atoms with van der Waals surface area (Å²) in [6.07, 6.45) is -0.642. The number of methoxy groups -OCH3 is 1. The molecule has 0 saturated carbocycles. The quantitative estimate of drug-likeness (QED) is 0.685. The summed E-state index contributed by atoms with van der Waals surface area (Å²) in [7, 11) is -2.69. The molecule has 10 heteroatoms. The van der Waals surface area contributed by atoms with Gasteiger partial charge in [0, 0.05) is 18.7 Å².